The molecule has 1 aliphatic carbocycles. The molecular formula is C12H14N2O. The molecule has 1 heterocycles. The van der Waals surface area contributed by atoms with E-state index in [0.29, 0.717) is 12.5 Å². The molecule has 0 aliphatic heterocycles. The molecule has 3 nitrogen and oxygen atoms in total. The maximum Gasteiger partial charge on any atom is 0.198 e. The van der Waals surface area contributed by atoms with Crippen LogP contribution in [0.15, 0.2) is 22.6 Å². The summed E-state index contributed by atoms with van der Waals surface area (Å²) in [5.41, 5.74) is 8.68. The minimum absolute atomic E-state index is 0.572. The maximum absolute atomic E-state index is 5.73. The van der Waals surface area contributed by atoms with Crippen molar-refractivity contribution in [2.45, 2.75) is 25.2 Å². The van der Waals surface area contributed by atoms with Crippen molar-refractivity contribution in [2.24, 2.45) is 5.73 Å². The summed E-state index contributed by atoms with van der Waals surface area (Å²) in [6.07, 6.45) is 3.31. The van der Waals surface area contributed by atoms with Gasteiger partial charge in [-0.15, -0.1) is 0 Å². The van der Waals surface area contributed by atoms with E-state index in [1.54, 1.807) is 0 Å². The van der Waals surface area contributed by atoms with Crippen molar-refractivity contribution in [1.29, 1.82) is 0 Å². The van der Waals surface area contributed by atoms with Crippen molar-refractivity contribution in [2.75, 3.05) is 6.54 Å². The van der Waals surface area contributed by atoms with Gasteiger partial charge in [0, 0.05) is 5.92 Å². The standard InChI is InChI=1S/C12H14N2O/c13-7-6-8-2-1-3-10-11(8)14-12(15-10)9-4-5-9/h1-3,9H,4-7,13H2. The Morgan fingerprint density at radius 3 is 3.00 bits per heavy atom. The number of hydrogen-bond donors (Lipinski definition) is 1. The van der Waals surface area contributed by atoms with Crippen LogP contribution in [0.3, 0.4) is 0 Å². The van der Waals surface area contributed by atoms with Crippen LogP contribution in [0.5, 0.6) is 0 Å². The van der Waals surface area contributed by atoms with Gasteiger partial charge in [0.05, 0.1) is 0 Å². The van der Waals surface area contributed by atoms with Crippen LogP contribution in [-0.4, -0.2) is 11.5 Å². The summed E-state index contributed by atoms with van der Waals surface area (Å²) in [7, 11) is 0. The topological polar surface area (TPSA) is 52.0 Å². The lowest BCUT2D eigenvalue weighted by Crippen LogP contribution is -2.02. The van der Waals surface area contributed by atoms with Crippen molar-refractivity contribution in [1.82, 2.24) is 4.98 Å². The van der Waals surface area contributed by atoms with Crippen LogP contribution in [0.25, 0.3) is 11.1 Å². The molecule has 1 aliphatic rings. The van der Waals surface area contributed by atoms with Crippen molar-refractivity contribution in [3.8, 4) is 0 Å². The van der Waals surface area contributed by atoms with Crippen LogP contribution in [-0.2, 0) is 6.42 Å². The molecular weight excluding hydrogens is 188 g/mol. The number of fused-ring (bicyclic) bond motifs is 1. The molecule has 1 aromatic heterocycles. The molecule has 2 aromatic rings. The number of hydrogen-bond acceptors (Lipinski definition) is 3. The quantitative estimate of drug-likeness (QED) is 0.830. The summed E-state index contributed by atoms with van der Waals surface area (Å²) in [6.45, 7) is 0.657. The summed E-state index contributed by atoms with van der Waals surface area (Å²) >= 11 is 0. The Hall–Kier alpha value is -1.35. The zero-order valence-corrected chi connectivity index (χ0v) is 8.57. The SMILES string of the molecule is NCCc1cccc2oc(C3CC3)nc12. The van der Waals surface area contributed by atoms with E-state index < -0.39 is 0 Å². The first-order valence-electron chi connectivity index (χ1n) is 5.47. The van der Waals surface area contributed by atoms with Gasteiger partial charge in [0.25, 0.3) is 0 Å². The van der Waals surface area contributed by atoms with E-state index in [-0.39, 0.29) is 0 Å². The highest BCUT2D eigenvalue weighted by Gasteiger charge is 2.29. The molecule has 78 valence electrons. The Morgan fingerprint density at radius 2 is 2.27 bits per heavy atom. The van der Waals surface area contributed by atoms with Crippen molar-refractivity contribution < 1.29 is 4.42 Å². The van der Waals surface area contributed by atoms with E-state index >= 15 is 0 Å². The monoisotopic (exact) mass is 202 g/mol. The molecule has 0 atom stereocenters. The molecule has 0 radical (unpaired) electrons. The molecule has 2 N–H and O–H groups in total. The predicted molar refractivity (Wildman–Crippen MR) is 58.7 cm³/mol. The molecule has 0 unspecified atom stereocenters. The highest BCUT2D eigenvalue weighted by molar-refractivity contribution is 5.76. The van der Waals surface area contributed by atoms with Crippen molar-refractivity contribution in [3.63, 3.8) is 0 Å². The summed E-state index contributed by atoms with van der Waals surface area (Å²) in [6, 6.07) is 6.07. The molecule has 1 fully saturated rings. The van der Waals surface area contributed by atoms with Gasteiger partial charge in [-0.25, -0.2) is 4.98 Å². The predicted octanol–water partition coefficient (Wildman–Crippen LogP) is 2.21. The Labute approximate surface area is 88.3 Å². The number of oxazole rings is 1. The smallest absolute Gasteiger partial charge is 0.198 e. The molecule has 1 aromatic carbocycles. The lowest BCUT2D eigenvalue weighted by atomic mass is 10.1. The lowest BCUT2D eigenvalue weighted by molar-refractivity contribution is 0.533. The third-order valence-corrected chi connectivity index (χ3v) is 2.86. The van der Waals surface area contributed by atoms with Crippen LogP contribution in [0.4, 0.5) is 0 Å². The lowest BCUT2D eigenvalue weighted by Gasteiger charge is -1.97. The summed E-state index contributed by atoms with van der Waals surface area (Å²) in [4.78, 5) is 4.57. The fraction of sp³-hybridized carbons (Fsp3) is 0.417. The molecule has 1 saturated carbocycles. The van der Waals surface area contributed by atoms with Gasteiger partial charge in [-0.1, -0.05) is 12.1 Å². The number of benzene rings is 1. The number of aromatic nitrogens is 1. The molecule has 15 heavy (non-hydrogen) atoms. The Bertz CT molecular complexity index is 485. The minimum Gasteiger partial charge on any atom is -0.440 e. The van der Waals surface area contributed by atoms with Crippen LogP contribution in [0.1, 0.15) is 30.2 Å². The van der Waals surface area contributed by atoms with Gasteiger partial charge < -0.3 is 10.2 Å². The van der Waals surface area contributed by atoms with Gasteiger partial charge in [-0.2, -0.15) is 0 Å². The van der Waals surface area contributed by atoms with Crippen molar-refractivity contribution >= 4 is 11.1 Å². The zero-order valence-electron chi connectivity index (χ0n) is 8.57. The first kappa shape index (κ1) is 8.92. The minimum atomic E-state index is 0.572. The number of nitrogens with zero attached hydrogens (tertiary/aromatic N) is 1. The normalized spacial score (nSPS) is 16.1. The van der Waals surface area contributed by atoms with Gasteiger partial charge >= 0.3 is 0 Å². The Morgan fingerprint density at radius 1 is 1.40 bits per heavy atom. The molecule has 3 heteroatoms. The van der Waals surface area contributed by atoms with Crippen LogP contribution < -0.4 is 5.73 Å². The van der Waals surface area contributed by atoms with Crippen LogP contribution in [0.2, 0.25) is 0 Å². The average molecular weight is 202 g/mol. The Kier molecular flexibility index (Phi) is 1.99. The highest BCUT2D eigenvalue weighted by Crippen LogP contribution is 2.40. The molecule has 0 spiro atoms. The second kappa shape index (κ2) is 3.35. The van der Waals surface area contributed by atoms with Crippen LogP contribution in [0, 0.1) is 0 Å². The number of rotatable bonds is 3. The molecule has 3 rings (SSSR count). The molecule has 0 saturated heterocycles. The van der Waals surface area contributed by atoms with E-state index in [2.05, 4.69) is 11.1 Å². The first-order chi connectivity index (χ1) is 7.38. The fourth-order valence-corrected chi connectivity index (χ4v) is 1.88. The van der Waals surface area contributed by atoms with Gasteiger partial charge in [-0.3, -0.25) is 0 Å². The highest BCUT2D eigenvalue weighted by atomic mass is 16.3. The van der Waals surface area contributed by atoms with Gasteiger partial charge in [0.15, 0.2) is 11.5 Å². The van der Waals surface area contributed by atoms with Crippen molar-refractivity contribution in [3.05, 3.63) is 29.7 Å². The van der Waals surface area contributed by atoms with E-state index in [1.165, 1.54) is 18.4 Å². The second-order valence-electron chi connectivity index (χ2n) is 4.13. The third-order valence-electron chi connectivity index (χ3n) is 2.86. The van der Waals surface area contributed by atoms with Gasteiger partial charge in [-0.05, 0) is 37.4 Å². The Balaban J connectivity index is 2.11. The van der Waals surface area contributed by atoms with Gasteiger partial charge in [0.1, 0.15) is 5.52 Å². The summed E-state index contributed by atoms with van der Waals surface area (Å²) < 4.78 is 5.73. The molecule has 0 bridgehead atoms. The average Bonchev–Trinajstić information content (AvgIpc) is 2.99. The van der Waals surface area contributed by atoms with E-state index in [9.17, 15) is 0 Å². The zero-order chi connectivity index (χ0) is 10.3. The number of para-hydroxylation sites is 1. The maximum atomic E-state index is 5.73. The third kappa shape index (κ3) is 1.53. The first-order valence-corrected chi connectivity index (χ1v) is 5.47. The largest absolute Gasteiger partial charge is 0.440 e. The van der Waals surface area contributed by atoms with E-state index in [1.807, 2.05) is 12.1 Å². The van der Waals surface area contributed by atoms with Gasteiger partial charge in [0.2, 0.25) is 0 Å². The summed E-state index contributed by atoms with van der Waals surface area (Å²) in [5.74, 6) is 1.48. The summed E-state index contributed by atoms with van der Waals surface area (Å²) in [5, 5.41) is 0. The second-order valence-corrected chi connectivity index (χ2v) is 4.13. The van der Waals surface area contributed by atoms with Crippen LogP contribution >= 0.6 is 0 Å². The fourth-order valence-electron chi connectivity index (χ4n) is 1.88. The number of nitrogens with two attached hydrogens (primary N) is 1. The van der Waals surface area contributed by atoms with E-state index in [0.717, 1.165) is 23.4 Å². The molecule has 0 amide bonds. The van der Waals surface area contributed by atoms with E-state index in [4.69, 9.17) is 10.2 Å².